The first kappa shape index (κ1) is 21.0. The second kappa shape index (κ2) is 9.25. The van der Waals surface area contributed by atoms with Gasteiger partial charge < -0.3 is 14.9 Å². The van der Waals surface area contributed by atoms with E-state index in [1.807, 2.05) is 24.3 Å². The second-order valence-corrected chi connectivity index (χ2v) is 9.30. The molecule has 0 aromatic heterocycles. The number of amides is 2. The molecule has 1 saturated heterocycles. The maximum Gasteiger partial charge on any atom is 0.323 e. The molecule has 0 unspecified atom stereocenters. The van der Waals surface area contributed by atoms with Gasteiger partial charge in [0.25, 0.3) is 11.8 Å². The zero-order valence-corrected chi connectivity index (χ0v) is 18.0. The topological polar surface area (TPSA) is 77.9 Å². The number of hydrogen-bond donors (Lipinski definition) is 1. The van der Waals surface area contributed by atoms with Crippen LogP contribution in [0.25, 0.3) is 5.57 Å². The molecule has 4 rings (SSSR count). The van der Waals surface area contributed by atoms with Gasteiger partial charge in [0.15, 0.2) is 0 Å². The van der Waals surface area contributed by atoms with Crippen LogP contribution in [0, 0.1) is 5.92 Å². The van der Waals surface area contributed by atoms with Crippen LogP contribution < -0.4 is 4.90 Å². The number of aliphatic carboxylic acids is 1. The molecule has 0 spiro atoms. The molecule has 1 N–H and O–H groups in total. The summed E-state index contributed by atoms with van der Waals surface area (Å²) in [4.78, 5) is 40.5. The van der Waals surface area contributed by atoms with E-state index in [1.54, 1.807) is 4.90 Å². The van der Waals surface area contributed by atoms with Crippen LogP contribution in [0.3, 0.4) is 0 Å². The van der Waals surface area contributed by atoms with Crippen molar-refractivity contribution in [1.82, 2.24) is 4.90 Å². The first-order valence-corrected chi connectivity index (χ1v) is 11.8. The smallest absolute Gasteiger partial charge is 0.323 e. The summed E-state index contributed by atoms with van der Waals surface area (Å²) in [7, 11) is 0. The minimum absolute atomic E-state index is 0.137. The number of carboxylic acid groups (broad SMARTS) is 1. The van der Waals surface area contributed by atoms with E-state index in [2.05, 4.69) is 0 Å². The van der Waals surface area contributed by atoms with Gasteiger partial charge >= 0.3 is 5.97 Å². The SMILES string of the molecule is O=C(O)CN1CS/C(=C2\C(=O)N(CCCCC3CCCCC3)c3ccccc32)C1=O. The number of hydrogen-bond acceptors (Lipinski definition) is 4. The summed E-state index contributed by atoms with van der Waals surface area (Å²) in [5.41, 5.74) is 2.07. The molecule has 1 aromatic carbocycles. The maximum absolute atomic E-state index is 13.3. The van der Waals surface area contributed by atoms with Gasteiger partial charge in [0.2, 0.25) is 0 Å². The van der Waals surface area contributed by atoms with Crippen molar-refractivity contribution < 1.29 is 19.5 Å². The quantitative estimate of drug-likeness (QED) is 0.522. The lowest BCUT2D eigenvalue weighted by Gasteiger charge is -2.22. The van der Waals surface area contributed by atoms with Gasteiger partial charge in [-0.1, -0.05) is 74.9 Å². The molecule has 0 atom stereocenters. The highest BCUT2D eigenvalue weighted by atomic mass is 32.2. The molecule has 0 bridgehead atoms. The summed E-state index contributed by atoms with van der Waals surface area (Å²) in [6.45, 7) is 0.306. The molecule has 7 heteroatoms. The normalized spacial score (nSPS) is 22.1. The van der Waals surface area contributed by atoms with Crippen LogP contribution in [0.15, 0.2) is 29.2 Å². The monoisotopic (exact) mass is 428 g/mol. The summed E-state index contributed by atoms with van der Waals surface area (Å²) < 4.78 is 0. The predicted octanol–water partition coefficient (Wildman–Crippen LogP) is 4.11. The third-order valence-electron chi connectivity index (χ3n) is 6.29. The lowest BCUT2D eigenvalue weighted by atomic mass is 9.86. The van der Waals surface area contributed by atoms with Gasteiger partial charge in [0.05, 0.1) is 22.0 Å². The molecule has 2 fully saturated rings. The number of carboxylic acids is 1. The fourth-order valence-corrected chi connectivity index (χ4v) is 5.85. The average molecular weight is 429 g/mol. The standard InChI is InChI=1S/C23H28N2O4S/c26-19(27)14-24-15-30-21(23(24)29)20-17-11-4-5-12-18(17)25(22(20)28)13-7-6-10-16-8-2-1-3-9-16/h4-5,11-12,16H,1-3,6-10,13-15H2,(H,26,27)/b21-20-. The maximum atomic E-state index is 13.3. The van der Waals surface area contributed by atoms with Gasteiger partial charge in [-0.3, -0.25) is 14.4 Å². The molecule has 1 aliphatic carbocycles. The molecule has 0 radical (unpaired) electrons. The summed E-state index contributed by atoms with van der Waals surface area (Å²) >= 11 is 1.26. The summed E-state index contributed by atoms with van der Waals surface area (Å²) in [5.74, 6) is -0.443. The van der Waals surface area contributed by atoms with E-state index in [4.69, 9.17) is 5.11 Å². The number of nitrogens with zero attached hydrogens (tertiary/aromatic N) is 2. The van der Waals surface area contributed by atoms with Crippen molar-refractivity contribution in [1.29, 1.82) is 0 Å². The van der Waals surface area contributed by atoms with Crippen LogP contribution in [-0.4, -0.2) is 46.8 Å². The number of carbonyl (C=O) groups is 3. The van der Waals surface area contributed by atoms with E-state index >= 15 is 0 Å². The van der Waals surface area contributed by atoms with Crippen molar-refractivity contribution in [2.45, 2.75) is 51.4 Å². The zero-order valence-electron chi connectivity index (χ0n) is 17.1. The van der Waals surface area contributed by atoms with Gasteiger partial charge in [0.1, 0.15) is 6.54 Å². The minimum atomic E-state index is -1.05. The number of para-hydroxylation sites is 1. The van der Waals surface area contributed by atoms with Crippen molar-refractivity contribution >= 4 is 40.8 Å². The summed E-state index contributed by atoms with van der Waals surface area (Å²) in [6, 6.07) is 7.60. The van der Waals surface area contributed by atoms with Gasteiger partial charge in [0, 0.05) is 12.1 Å². The lowest BCUT2D eigenvalue weighted by molar-refractivity contribution is -0.141. The first-order valence-electron chi connectivity index (χ1n) is 10.9. The number of thioether (sulfide) groups is 1. The average Bonchev–Trinajstić information content (AvgIpc) is 3.22. The van der Waals surface area contributed by atoms with Crippen LogP contribution in [0.5, 0.6) is 0 Å². The molecule has 2 heterocycles. The van der Waals surface area contributed by atoms with Crippen LogP contribution in [0.4, 0.5) is 5.69 Å². The van der Waals surface area contributed by atoms with Gasteiger partial charge in [-0.25, -0.2) is 0 Å². The fourth-order valence-electron chi connectivity index (χ4n) is 4.77. The van der Waals surface area contributed by atoms with Gasteiger partial charge in [-0.2, -0.15) is 0 Å². The Hall–Kier alpha value is -2.28. The summed E-state index contributed by atoms with van der Waals surface area (Å²) in [5, 5.41) is 9.02. The predicted molar refractivity (Wildman–Crippen MR) is 118 cm³/mol. The van der Waals surface area contributed by atoms with Crippen molar-refractivity contribution in [3.8, 4) is 0 Å². The fraction of sp³-hybridized carbons (Fsp3) is 0.522. The molecule has 2 amide bonds. The Bertz CT molecular complexity index is 876. The highest BCUT2D eigenvalue weighted by Crippen LogP contribution is 2.43. The Morgan fingerprint density at radius 3 is 2.60 bits per heavy atom. The van der Waals surface area contributed by atoms with Crippen LogP contribution >= 0.6 is 11.8 Å². The Labute approximate surface area is 181 Å². The van der Waals surface area contributed by atoms with E-state index < -0.39 is 5.97 Å². The third-order valence-corrected chi connectivity index (χ3v) is 7.40. The number of benzene rings is 1. The Morgan fingerprint density at radius 2 is 1.83 bits per heavy atom. The molecule has 1 saturated carbocycles. The largest absolute Gasteiger partial charge is 0.480 e. The van der Waals surface area contributed by atoms with E-state index in [-0.39, 0.29) is 24.2 Å². The third kappa shape index (κ3) is 4.26. The van der Waals surface area contributed by atoms with Crippen molar-refractivity contribution in [3.05, 3.63) is 34.7 Å². The number of unbranched alkanes of at least 4 members (excludes halogenated alkanes) is 1. The summed E-state index contributed by atoms with van der Waals surface area (Å²) in [6.07, 6.45) is 10.0. The highest BCUT2D eigenvalue weighted by molar-refractivity contribution is 8.04. The zero-order chi connectivity index (χ0) is 21.1. The Morgan fingerprint density at radius 1 is 1.07 bits per heavy atom. The highest BCUT2D eigenvalue weighted by Gasteiger charge is 2.40. The van der Waals surface area contributed by atoms with Gasteiger partial charge in [-0.15, -0.1) is 0 Å². The van der Waals surface area contributed by atoms with Crippen molar-refractivity contribution in [2.75, 3.05) is 23.9 Å². The molecule has 1 aromatic rings. The van der Waals surface area contributed by atoms with Crippen LogP contribution in [-0.2, 0) is 14.4 Å². The molecule has 30 heavy (non-hydrogen) atoms. The number of fused-ring (bicyclic) bond motifs is 1. The molecular weight excluding hydrogens is 400 g/mol. The van der Waals surface area contributed by atoms with Crippen molar-refractivity contribution in [2.24, 2.45) is 5.92 Å². The number of anilines is 1. The lowest BCUT2D eigenvalue weighted by Crippen LogP contribution is -2.31. The minimum Gasteiger partial charge on any atom is -0.480 e. The van der Waals surface area contributed by atoms with Gasteiger partial charge in [-0.05, 0) is 18.4 Å². The van der Waals surface area contributed by atoms with Crippen LogP contribution in [0.1, 0.15) is 56.9 Å². The Balaban J connectivity index is 1.47. The molecule has 160 valence electrons. The van der Waals surface area contributed by atoms with E-state index in [0.717, 1.165) is 30.0 Å². The molecular formula is C23H28N2O4S. The van der Waals surface area contributed by atoms with Crippen molar-refractivity contribution in [3.63, 3.8) is 0 Å². The first-order chi connectivity index (χ1) is 14.6. The van der Waals surface area contributed by atoms with E-state index in [0.29, 0.717) is 17.0 Å². The molecule has 3 aliphatic rings. The molecule has 6 nitrogen and oxygen atoms in total. The van der Waals surface area contributed by atoms with E-state index in [1.165, 1.54) is 55.2 Å². The number of rotatable bonds is 7. The van der Waals surface area contributed by atoms with E-state index in [9.17, 15) is 14.4 Å². The molecule has 2 aliphatic heterocycles. The number of carbonyl (C=O) groups excluding carboxylic acids is 2. The second-order valence-electron chi connectivity index (χ2n) is 8.35. The van der Waals surface area contributed by atoms with Crippen LogP contribution in [0.2, 0.25) is 0 Å². The Kier molecular flexibility index (Phi) is 6.46.